The highest BCUT2D eigenvalue weighted by atomic mass is 32.2. The summed E-state index contributed by atoms with van der Waals surface area (Å²) in [4.78, 5) is 11.8. The van der Waals surface area contributed by atoms with Crippen molar-refractivity contribution < 1.29 is 22.4 Å². The lowest BCUT2D eigenvalue weighted by atomic mass is 10.2. The van der Waals surface area contributed by atoms with Crippen LogP contribution in [0.15, 0.2) is 18.2 Å². The summed E-state index contributed by atoms with van der Waals surface area (Å²) in [6, 6.07) is 5.16. The fraction of sp³-hybridized carbons (Fsp3) is 0.588. The number of rotatable bonds is 7. The van der Waals surface area contributed by atoms with Gasteiger partial charge in [-0.2, -0.15) is 8.42 Å². The van der Waals surface area contributed by atoms with Gasteiger partial charge < -0.3 is 9.16 Å². The largest absolute Gasteiger partial charge is 0.543 e. The summed E-state index contributed by atoms with van der Waals surface area (Å²) in [6.07, 6.45) is 0. The predicted octanol–water partition coefficient (Wildman–Crippen LogP) is 2.95. The molecule has 0 heterocycles. The quantitative estimate of drug-likeness (QED) is 0.558. The number of hydrogen-bond donors (Lipinski definition) is 1. The Balaban J connectivity index is 3.30. The summed E-state index contributed by atoms with van der Waals surface area (Å²) in [7, 11) is -6.26. The highest BCUT2D eigenvalue weighted by Crippen LogP contribution is 2.38. The van der Waals surface area contributed by atoms with Crippen LogP contribution < -0.4 is 13.9 Å². The summed E-state index contributed by atoms with van der Waals surface area (Å²) in [5, 5.41) is 5.32. The molecule has 0 spiro atoms. The second kappa shape index (κ2) is 7.97. The van der Waals surface area contributed by atoms with Crippen molar-refractivity contribution in [2.24, 2.45) is 5.14 Å². The molecule has 0 amide bonds. The normalized spacial score (nSPS) is 12.6. The number of nitrogens with zero attached hydrogens (tertiary/aromatic N) is 1. The minimum absolute atomic E-state index is 0.0113. The number of nitrogens with two attached hydrogens (primary N) is 1. The second-order valence-corrected chi connectivity index (χ2v) is 13.9. The molecule has 1 aromatic rings. The summed E-state index contributed by atoms with van der Waals surface area (Å²) in [5.74, 6) is -0.119. The van der Waals surface area contributed by atoms with Crippen LogP contribution in [0.3, 0.4) is 0 Å². The van der Waals surface area contributed by atoms with Crippen molar-refractivity contribution in [2.75, 3.05) is 17.5 Å². The zero-order chi connectivity index (χ0) is 20.3. The Morgan fingerprint density at radius 1 is 1.27 bits per heavy atom. The van der Waals surface area contributed by atoms with E-state index in [0.29, 0.717) is 17.0 Å². The molecule has 0 unspecified atom stereocenters. The molecule has 0 aliphatic heterocycles. The second-order valence-electron chi connectivity index (χ2n) is 7.67. The van der Waals surface area contributed by atoms with E-state index in [1.165, 1.54) is 0 Å². The SMILES string of the molecule is CCOC(=O)CN(c1cc(O[Si](C)(C)C(C)(C)C)ccc1C)S(N)(=O)=O. The number of aryl methyl sites for hydroxylation is 1. The van der Waals surface area contributed by atoms with Gasteiger partial charge in [-0.25, -0.2) is 9.44 Å². The third-order valence-electron chi connectivity index (χ3n) is 4.51. The van der Waals surface area contributed by atoms with Gasteiger partial charge in [0.05, 0.1) is 12.3 Å². The maximum atomic E-state index is 12.0. The first-order chi connectivity index (χ1) is 11.7. The van der Waals surface area contributed by atoms with Crippen LogP contribution in [0.1, 0.15) is 33.3 Å². The molecule has 0 fully saturated rings. The molecule has 26 heavy (non-hydrogen) atoms. The lowest BCUT2D eigenvalue weighted by Gasteiger charge is -2.36. The fourth-order valence-corrected chi connectivity index (χ4v) is 3.78. The van der Waals surface area contributed by atoms with Crippen LogP contribution in [0.25, 0.3) is 0 Å². The lowest BCUT2D eigenvalue weighted by molar-refractivity contribution is -0.141. The Morgan fingerprint density at radius 2 is 1.85 bits per heavy atom. The van der Waals surface area contributed by atoms with Gasteiger partial charge in [0.1, 0.15) is 12.3 Å². The minimum Gasteiger partial charge on any atom is -0.543 e. The number of hydrogen-bond acceptors (Lipinski definition) is 5. The molecule has 1 rings (SSSR count). The van der Waals surface area contributed by atoms with Crippen LogP contribution in [0.2, 0.25) is 18.1 Å². The van der Waals surface area contributed by atoms with Crippen molar-refractivity contribution in [1.82, 2.24) is 0 Å². The van der Waals surface area contributed by atoms with Crippen molar-refractivity contribution >= 4 is 30.2 Å². The molecule has 0 bridgehead atoms. The molecule has 0 saturated carbocycles. The fourth-order valence-electron chi connectivity index (χ4n) is 2.01. The van der Waals surface area contributed by atoms with Gasteiger partial charge in [0.15, 0.2) is 0 Å². The maximum Gasteiger partial charge on any atom is 0.326 e. The van der Waals surface area contributed by atoms with E-state index in [1.54, 1.807) is 32.0 Å². The summed E-state index contributed by atoms with van der Waals surface area (Å²) < 4.78 is 36.0. The number of benzene rings is 1. The van der Waals surface area contributed by atoms with Gasteiger partial charge >= 0.3 is 5.97 Å². The van der Waals surface area contributed by atoms with Crippen LogP contribution in [0, 0.1) is 6.92 Å². The van der Waals surface area contributed by atoms with E-state index in [4.69, 9.17) is 14.3 Å². The topological polar surface area (TPSA) is 98.9 Å². The molecule has 9 heteroatoms. The Hall–Kier alpha value is -1.58. The molecule has 1 aromatic carbocycles. The van der Waals surface area contributed by atoms with Gasteiger partial charge in [-0.15, -0.1) is 0 Å². The Bertz CT molecular complexity index is 757. The number of carbonyl (C=O) groups excluding carboxylic acids is 1. The molecule has 0 aromatic heterocycles. The Kier molecular flexibility index (Phi) is 6.89. The third-order valence-corrected chi connectivity index (χ3v) is 9.81. The smallest absolute Gasteiger partial charge is 0.326 e. The van der Waals surface area contributed by atoms with Crippen LogP contribution in [0.4, 0.5) is 5.69 Å². The summed E-state index contributed by atoms with van der Waals surface area (Å²) >= 11 is 0. The number of anilines is 1. The van der Waals surface area contributed by atoms with E-state index in [1.807, 2.05) is 0 Å². The average molecular weight is 403 g/mol. The average Bonchev–Trinajstić information content (AvgIpc) is 2.45. The lowest BCUT2D eigenvalue weighted by Crippen LogP contribution is -2.44. The molecule has 0 aliphatic carbocycles. The molecular weight excluding hydrogens is 372 g/mol. The molecule has 7 nitrogen and oxygen atoms in total. The van der Waals surface area contributed by atoms with E-state index < -0.39 is 31.0 Å². The van der Waals surface area contributed by atoms with E-state index in [9.17, 15) is 13.2 Å². The highest BCUT2D eigenvalue weighted by molar-refractivity contribution is 7.90. The minimum atomic E-state index is -4.15. The molecule has 0 saturated heterocycles. The Labute approximate surface area is 157 Å². The first-order valence-corrected chi connectivity index (χ1v) is 12.9. The first-order valence-electron chi connectivity index (χ1n) is 8.45. The summed E-state index contributed by atoms with van der Waals surface area (Å²) in [6.45, 7) is 13.6. The van der Waals surface area contributed by atoms with Gasteiger partial charge in [0.25, 0.3) is 10.2 Å². The van der Waals surface area contributed by atoms with Gasteiger partial charge in [0.2, 0.25) is 8.32 Å². The van der Waals surface area contributed by atoms with Crippen LogP contribution in [-0.4, -0.2) is 35.9 Å². The molecular formula is C17H30N2O5SSi. The van der Waals surface area contributed by atoms with Crippen molar-refractivity contribution in [3.63, 3.8) is 0 Å². The standard InChI is InChI=1S/C17H30N2O5SSi/c1-8-23-16(20)12-19(25(18,21)22)15-11-14(10-9-13(15)2)24-26(6,7)17(3,4)5/h9-11H,8,12H2,1-7H3,(H2,18,21,22). The zero-order valence-corrected chi connectivity index (χ0v) is 18.4. The molecule has 0 radical (unpaired) electrons. The van der Waals surface area contributed by atoms with Crippen LogP contribution >= 0.6 is 0 Å². The number of ether oxygens (including phenoxy) is 1. The molecule has 148 valence electrons. The van der Waals surface area contributed by atoms with Gasteiger partial charge in [0, 0.05) is 6.07 Å². The van der Waals surface area contributed by atoms with Crippen LogP contribution in [0.5, 0.6) is 5.75 Å². The maximum absolute atomic E-state index is 12.0. The monoisotopic (exact) mass is 402 g/mol. The zero-order valence-electron chi connectivity index (χ0n) is 16.6. The van der Waals surface area contributed by atoms with Gasteiger partial charge in [-0.05, 0) is 43.6 Å². The van der Waals surface area contributed by atoms with E-state index >= 15 is 0 Å². The van der Waals surface area contributed by atoms with Crippen molar-refractivity contribution in [1.29, 1.82) is 0 Å². The Morgan fingerprint density at radius 3 is 2.31 bits per heavy atom. The number of carbonyl (C=O) groups is 1. The van der Waals surface area contributed by atoms with E-state index in [-0.39, 0.29) is 11.6 Å². The third kappa shape index (κ3) is 5.71. The van der Waals surface area contributed by atoms with Crippen molar-refractivity contribution in [2.45, 2.75) is 52.8 Å². The van der Waals surface area contributed by atoms with Gasteiger partial charge in [-0.1, -0.05) is 26.8 Å². The van der Waals surface area contributed by atoms with E-state index in [0.717, 1.165) is 4.31 Å². The molecule has 2 N–H and O–H groups in total. The van der Waals surface area contributed by atoms with Crippen LogP contribution in [-0.2, 0) is 19.7 Å². The first kappa shape index (κ1) is 22.5. The van der Waals surface area contributed by atoms with Crippen molar-refractivity contribution in [3.8, 4) is 5.75 Å². The summed E-state index contributed by atoms with van der Waals surface area (Å²) in [5.41, 5.74) is 0.961. The highest BCUT2D eigenvalue weighted by Gasteiger charge is 2.39. The number of esters is 1. The van der Waals surface area contributed by atoms with E-state index in [2.05, 4.69) is 33.9 Å². The molecule has 0 atom stereocenters. The molecule has 0 aliphatic rings. The van der Waals surface area contributed by atoms with Crippen molar-refractivity contribution in [3.05, 3.63) is 23.8 Å². The van der Waals surface area contributed by atoms with Gasteiger partial charge in [-0.3, -0.25) is 4.79 Å². The predicted molar refractivity (Wildman–Crippen MR) is 106 cm³/mol.